The minimum atomic E-state index is -0.340. The second kappa shape index (κ2) is 4.77. The summed E-state index contributed by atoms with van der Waals surface area (Å²) >= 11 is 0. The highest BCUT2D eigenvalue weighted by Crippen LogP contribution is 2.36. The van der Waals surface area contributed by atoms with Crippen molar-refractivity contribution in [2.75, 3.05) is 6.61 Å². The Morgan fingerprint density at radius 3 is 2.82 bits per heavy atom. The van der Waals surface area contributed by atoms with Crippen LogP contribution in [0, 0.1) is 5.92 Å². The van der Waals surface area contributed by atoms with Gasteiger partial charge in [0.25, 0.3) is 0 Å². The van der Waals surface area contributed by atoms with E-state index < -0.39 is 0 Å². The van der Waals surface area contributed by atoms with Crippen LogP contribution in [0.4, 0.5) is 0 Å². The first-order valence-corrected chi connectivity index (χ1v) is 6.60. The summed E-state index contributed by atoms with van der Waals surface area (Å²) in [5.74, 6) is 1.39. The highest BCUT2D eigenvalue weighted by molar-refractivity contribution is 6.09. The van der Waals surface area contributed by atoms with E-state index in [0.717, 1.165) is 25.1 Å². The third kappa shape index (κ3) is 2.37. The number of carbonyl (C=O) groups excluding carboxylic acids is 1. The maximum absolute atomic E-state index is 11.6. The summed E-state index contributed by atoms with van der Waals surface area (Å²) < 4.78 is 5.98. The fourth-order valence-electron chi connectivity index (χ4n) is 2.93. The molecule has 0 aromatic carbocycles. The molecule has 1 fully saturated rings. The summed E-state index contributed by atoms with van der Waals surface area (Å²) in [6, 6.07) is -0.264. The van der Waals surface area contributed by atoms with E-state index in [2.05, 4.69) is 17.2 Å². The van der Waals surface area contributed by atoms with Crippen molar-refractivity contribution in [3.05, 3.63) is 0 Å². The lowest BCUT2D eigenvalue weighted by Crippen LogP contribution is -2.51. The number of rotatable bonds is 3. The van der Waals surface area contributed by atoms with E-state index in [4.69, 9.17) is 4.74 Å². The molecule has 1 heterocycles. The zero-order chi connectivity index (χ0) is 12.5. The zero-order valence-electron chi connectivity index (χ0n) is 11.0. The molecule has 2 rings (SSSR count). The number of nitrogens with one attached hydrogen (secondary N) is 1. The van der Waals surface area contributed by atoms with Gasteiger partial charge in [-0.05, 0) is 39.0 Å². The lowest BCUT2D eigenvalue weighted by atomic mass is 9.78. The molecule has 0 bridgehead atoms. The molecule has 1 aliphatic heterocycles. The first-order valence-electron chi connectivity index (χ1n) is 6.60. The number of amidine groups is 1. The van der Waals surface area contributed by atoms with Crippen LogP contribution < -0.4 is 5.32 Å². The summed E-state index contributed by atoms with van der Waals surface area (Å²) in [5.41, 5.74) is -0.340. The van der Waals surface area contributed by atoms with Crippen LogP contribution in [0.5, 0.6) is 0 Å². The first kappa shape index (κ1) is 12.6. The third-order valence-electron chi connectivity index (χ3n) is 3.75. The van der Waals surface area contributed by atoms with Crippen LogP contribution in [0.2, 0.25) is 0 Å². The summed E-state index contributed by atoms with van der Waals surface area (Å²) in [6.45, 7) is 6.74. The van der Waals surface area contributed by atoms with E-state index >= 15 is 0 Å². The second-order valence-corrected chi connectivity index (χ2v) is 5.27. The van der Waals surface area contributed by atoms with Gasteiger partial charge in [0.05, 0.1) is 0 Å². The van der Waals surface area contributed by atoms with E-state index in [1.807, 2.05) is 13.8 Å². The lowest BCUT2D eigenvalue weighted by molar-refractivity contribution is -0.120. The standard InChI is InChI=1S/C13H22N2O2/c1-4-17-13(7-5-6-9(2)8-13)12-14-10(3)11(16)15-12/h9-10H,4-8H2,1-3H3,(H,14,15,16). The molecule has 0 saturated heterocycles. The Kier molecular flexibility index (Phi) is 3.52. The Labute approximate surface area is 103 Å². The summed E-state index contributed by atoms with van der Waals surface area (Å²) in [6.07, 6.45) is 4.32. The first-order chi connectivity index (χ1) is 8.07. The number of nitrogens with zero attached hydrogens (tertiary/aromatic N) is 1. The monoisotopic (exact) mass is 238 g/mol. The number of hydrogen-bond donors (Lipinski definition) is 1. The van der Waals surface area contributed by atoms with Gasteiger partial charge < -0.3 is 10.1 Å². The topological polar surface area (TPSA) is 50.7 Å². The summed E-state index contributed by atoms with van der Waals surface area (Å²) in [4.78, 5) is 16.0. The Hall–Kier alpha value is -0.900. The van der Waals surface area contributed by atoms with Crippen LogP contribution in [-0.4, -0.2) is 30.0 Å². The van der Waals surface area contributed by atoms with Crippen LogP contribution >= 0.6 is 0 Å². The highest BCUT2D eigenvalue weighted by Gasteiger charge is 2.44. The number of aliphatic imine (C=N–C) groups is 1. The fraction of sp³-hybridized carbons (Fsp3) is 0.846. The Morgan fingerprint density at radius 2 is 2.29 bits per heavy atom. The number of amides is 1. The highest BCUT2D eigenvalue weighted by atomic mass is 16.5. The third-order valence-corrected chi connectivity index (χ3v) is 3.75. The molecule has 4 heteroatoms. The smallest absolute Gasteiger partial charge is 0.249 e. The lowest BCUT2D eigenvalue weighted by Gasteiger charge is -2.39. The van der Waals surface area contributed by atoms with Crippen molar-refractivity contribution < 1.29 is 9.53 Å². The van der Waals surface area contributed by atoms with Gasteiger partial charge in [-0.15, -0.1) is 0 Å². The van der Waals surface area contributed by atoms with Gasteiger partial charge in [-0.2, -0.15) is 0 Å². The Balaban J connectivity index is 2.22. The quantitative estimate of drug-likeness (QED) is 0.816. The van der Waals surface area contributed by atoms with E-state index in [1.165, 1.54) is 6.42 Å². The number of hydrogen-bond acceptors (Lipinski definition) is 3. The fourth-order valence-corrected chi connectivity index (χ4v) is 2.93. The summed E-state index contributed by atoms with van der Waals surface area (Å²) in [7, 11) is 0. The normalized spacial score (nSPS) is 37.8. The molecular weight excluding hydrogens is 216 g/mol. The van der Waals surface area contributed by atoms with Crippen LogP contribution in [0.25, 0.3) is 0 Å². The maximum atomic E-state index is 11.6. The average molecular weight is 238 g/mol. The Bertz CT molecular complexity index is 336. The molecule has 2 aliphatic rings. The van der Waals surface area contributed by atoms with Crippen molar-refractivity contribution in [3.63, 3.8) is 0 Å². The predicted octanol–water partition coefficient (Wildman–Crippen LogP) is 1.89. The molecule has 0 aromatic heterocycles. The number of ether oxygens (including phenoxy) is 1. The molecule has 3 unspecified atom stereocenters. The number of carbonyl (C=O) groups is 1. The molecule has 17 heavy (non-hydrogen) atoms. The van der Waals surface area contributed by atoms with Crippen LogP contribution in [0.1, 0.15) is 46.5 Å². The SMILES string of the molecule is CCOC1(C2=NC(C)C(=O)N2)CCCC(C)C1. The minimum absolute atomic E-state index is 0.00250. The van der Waals surface area contributed by atoms with Gasteiger partial charge in [0.1, 0.15) is 17.5 Å². The predicted molar refractivity (Wildman–Crippen MR) is 67.0 cm³/mol. The van der Waals surface area contributed by atoms with Crippen molar-refractivity contribution in [3.8, 4) is 0 Å². The van der Waals surface area contributed by atoms with E-state index in [0.29, 0.717) is 12.5 Å². The van der Waals surface area contributed by atoms with Gasteiger partial charge in [-0.3, -0.25) is 9.79 Å². The molecule has 1 amide bonds. The Morgan fingerprint density at radius 1 is 1.53 bits per heavy atom. The van der Waals surface area contributed by atoms with Gasteiger partial charge in [0, 0.05) is 6.61 Å². The van der Waals surface area contributed by atoms with E-state index in [1.54, 1.807) is 0 Å². The van der Waals surface area contributed by atoms with Crippen molar-refractivity contribution in [2.45, 2.75) is 58.1 Å². The van der Waals surface area contributed by atoms with Crippen molar-refractivity contribution in [1.29, 1.82) is 0 Å². The van der Waals surface area contributed by atoms with Crippen molar-refractivity contribution in [2.24, 2.45) is 10.9 Å². The van der Waals surface area contributed by atoms with Crippen LogP contribution in [0.3, 0.4) is 0 Å². The summed E-state index contributed by atoms with van der Waals surface area (Å²) in [5, 5.41) is 2.91. The van der Waals surface area contributed by atoms with Crippen molar-refractivity contribution in [1.82, 2.24) is 5.32 Å². The van der Waals surface area contributed by atoms with Gasteiger partial charge in [0.2, 0.25) is 5.91 Å². The molecule has 0 aromatic rings. The minimum Gasteiger partial charge on any atom is -0.367 e. The molecule has 0 radical (unpaired) electrons. The van der Waals surface area contributed by atoms with E-state index in [9.17, 15) is 4.79 Å². The molecule has 1 aliphatic carbocycles. The van der Waals surface area contributed by atoms with Gasteiger partial charge in [0.15, 0.2) is 0 Å². The molecule has 3 atom stereocenters. The molecule has 1 saturated carbocycles. The van der Waals surface area contributed by atoms with Crippen LogP contribution in [-0.2, 0) is 9.53 Å². The van der Waals surface area contributed by atoms with E-state index in [-0.39, 0.29) is 17.6 Å². The maximum Gasteiger partial charge on any atom is 0.249 e. The van der Waals surface area contributed by atoms with Gasteiger partial charge in [-0.1, -0.05) is 13.3 Å². The zero-order valence-corrected chi connectivity index (χ0v) is 11.0. The molecular formula is C13H22N2O2. The molecule has 1 N–H and O–H groups in total. The average Bonchev–Trinajstić information content (AvgIpc) is 2.60. The van der Waals surface area contributed by atoms with Gasteiger partial charge in [-0.25, -0.2) is 0 Å². The molecule has 4 nitrogen and oxygen atoms in total. The largest absolute Gasteiger partial charge is 0.367 e. The van der Waals surface area contributed by atoms with Crippen LogP contribution in [0.15, 0.2) is 4.99 Å². The second-order valence-electron chi connectivity index (χ2n) is 5.27. The molecule has 96 valence electrons. The van der Waals surface area contributed by atoms with Gasteiger partial charge >= 0.3 is 0 Å². The molecule has 0 spiro atoms. The van der Waals surface area contributed by atoms with Crippen molar-refractivity contribution >= 4 is 11.7 Å².